The Hall–Kier alpha value is -2.85. The van der Waals surface area contributed by atoms with Crippen molar-refractivity contribution in [2.75, 3.05) is 13.1 Å². The first-order valence-corrected chi connectivity index (χ1v) is 11.0. The van der Waals surface area contributed by atoms with Crippen molar-refractivity contribution >= 4 is 16.6 Å². The third kappa shape index (κ3) is 4.49. The summed E-state index contributed by atoms with van der Waals surface area (Å²) < 4.78 is 6.32. The van der Waals surface area contributed by atoms with Gasteiger partial charge in [0.25, 0.3) is 0 Å². The molecule has 0 atom stereocenters. The number of amidine groups is 1. The first-order valence-electron chi connectivity index (χ1n) is 11.0. The Kier molecular flexibility index (Phi) is 6.34. The predicted octanol–water partition coefficient (Wildman–Crippen LogP) is 4.80. The molecule has 0 radical (unpaired) electrons. The molecule has 0 amide bonds. The van der Waals surface area contributed by atoms with Crippen molar-refractivity contribution in [3.05, 3.63) is 76.9 Å². The van der Waals surface area contributed by atoms with Gasteiger partial charge in [-0.25, -0.2) is 0 Å². The van der Waals surface area contributed by atoms with Gasteiger partial charge < -0.3 is 15.8 Å². The van der Waals surface area contributed by atoms with Crippen molar-refractivity contribution in [3.63, 3.8) is 0 Å². The third-order valence-corrected chi connectivity index (χ3v) is 5.97. The van der Waals surface area contributed by atoms with Crippen LogP contribution in [0.1, 0.15) is 48.4 Å². The SMILES string of the molecule is CCCc1ccc(OC2CCNCC2)cc1Cc1ccc(C(=N)N)c2ccccc12. The average molecular weight is 402 g/mol. The van der Waals surface area contributed by atoms with Crippen molar-refractivity contribution in [1.29, 1.82) is 5.41 Å². The van der Waals surface area contributed by atoms with E-state index in [2.05, 4.69) is 54.7 Å². The molecule has 4 N–H and O–H groups in total. The molecule has 0 bridgehead atoms. The van der Waals surface area contributed by atoms with Gasteiger partial charge in [-0.15, -0.1) is 0 Å². The third-order valence-electron chi connectivity index (χ3n) is 5.97. The van der Waals surface area contributed by atoms with E-state index >= 15 is 0 Å². The maximum absolute atomic E-state index is 7.91. The molecule has 156 valence electrons. The van der Waals surface area contributed by atoms with Crippen LogP contribution < -0.4 is 15.8 Å². The Balaban J connectivity index is 1.68. The second-order valence-corrected chi connectivity index (χ2v) is 8.16. The van der Waals surface area contributed by atoms with E-state index in [-0.39, 0.29) is 5.84 Å². The summed E-state index contributed by atoms with van der Waals surface area (Å²) in [7, 11) is 0. The normalized spacial score (nSPS) is 14.7. The molecular weight excluding hydrogens is 370 g/mol. The molecule has 4 heteroatoms. The molecule has 3 aromatic carbocycles. The van der Waals surface area contributed by atoms with E-state index in [0.717, 1.165) is 67.3 Å². The number of hydrogen-bond acceptors (Lipinski definition) is 3. The fraction of sp³-hybridized carbons (Fsp3) is 0.346. The zero-order chi connectivity index (χ0) is 20.9. The molecule has 0 saturated carbocycles. The van der Waals surface area contributed by atoms with Gasteiger partial charge in [-0.1, -0.05) is 55.8 Å². The summed E-state index contributed by atoms with van der Waals surface area (Å²) in [6.45, 7) is 4.28. The lowest BCUT2D eigenvalue weighted by Crippen LogP contribution is -2.34. The Morgan fingerprint density at radius 3 is 2.47 bits per heavy atom. The largest absolute Gasteiger partial charge is 0.490 e. The molecule has 0 spiro atoms. The second kappa shape index (κ2) is 9.31. The summed E-state index contributed by atoms with van der Waals surface area (Å²) in [5.41, 5.74) is 10.6. The molecule has 3 aromatic rings. The lowest BCUT2D eigenvalue weighted by atomic mass is 9.92. The second-order valence-electron chi connectivity index (χ2n) is 8.16. The number of piperidine rings is 1. The molecule has 1 fully saturated rings. The molecule has 0 aliphatic carbocycles. The Morgan fingerprint density at radius 1 is 1.00 bits per heavy atom. The number of nitrogens with two attached hydrogens (primary N) is 1. The standard InChI is InChI=1S/C26H31N3O/c1-2-5-18-8-10-22(30-21-12-14-29-15-13-21)17-20(18)16-19-9-11-25(26(27)28)24-7-4-3-6-23(19)24/h3-4,6-11,17,21,29H,2,5,12-16H2,1H3,(H3,27,28). The van der Waals surface area contributed by atoms with Gasteiger partial charge in [0.1, 0.15) is 17.7 Å². The van der Waals surface area contributed by atoms with E-state index in [1.165, 1.54) is 16.7 Å². The number of ether oxygens (including phenoxy) is 1. The number of nitrogen functional groups attached to an aromatic ring is 1. The van der Waals surface area contributed by atoms with Crippen LogP contribution in [0.2, 0.25) is 0 Å². The molecule has 4 nitrogen and oxygen atoms in total. The first kappa shape index (κ1) is 20.4. The number of aryl methyl sites for hydroxylation is 1. The Bertz CT molecular complexity index is 1040. The zero-order valence-corrected chi connectivity index (χ0v) is 17.7. The summed E-state index contributed by atoms with van der Waals surface area (Å²) >= 11 is 0. The van der Waals surface area contributed by atoms with Crippen LogP contribution in [0.25, 0.3) is 10.8 Å². The quantitative estimate of drug-likeness (QED) is 0.393. The average Bonchev–Trinajstić information content (AvgIpc) is 2.76. The number of rotatable bonds is 7. The fourth-order valence-electron chi connectivity index (χ4n) is 4.41. The molecule has 4 rings (SSSR count). The minimum Gasteiger partial charge on any atom is -0.490 e. The number of benzene rings is 3. The van der Waals surface area contributed by atoms with Crippen LogP contribution in [0.5, 0.6) is 5.75 Å². The summed E-state index contributed by atoms with van der Waals surface area (Å²) in [5, 5.41) is 13.5. The summed E-state index contributed by atoms with van der Waals surface area (Å²) in [5.74, 6) is 1.09. The van der Waals surface area contributed by atoms with E-state index in [1.54, 1.807) is 0 Å². The van der Waals surface area contributed by atoms with Crippen LogP contribution in [0.4, 0.5) is 0 Å². The molecule has 1 heterocycles. The van der Waals surface area contributed by atoms with Gasteiger partial charge in [-0.3, -0.25) is 5.41 Å². The monoisotopic (exact) mass is 401 g/mol. The number of nitrogens with one attached hydrogen (secondary N) is 2. The van der Waals surface area contributed by atoms with Gasteiger partial charge in [0.05, 0.1) is 0 Å². The van der Waals surface area contributed by atoms with E-state index < -0.39 is 0 Å². The van der Waals surface area contributed by atoms with E-state index in [9.17, 15) is 0 Å². The van der Waals surface area contributed by atoms with E-state index in [0.29, 0.717) is 6.10 Å². The highest BCUT2D eigenvalue weighted by Crippen LogP contribution is 2.28. The summed E-state index contributed by atoms with van der Waals surface area (Å²) in [4.78, 5) is 0. The van der Waals surface area contributed by atoms with Crippen molar-refractivity contribution in [2.45, 2.75) is 45.1 Å². The smallest absolute Gasteiger partial charge is 0.123 e. The van der Waals surface area contributed by atoms with Crippen LogP contribution in [-0.4, -0.2) is 25.0 Å². The van der Waals surface area contributed by atoms with Crippen LogP contribution in [0.15, 0.2) is 54.6 Å². The highest BCUT2D eigenvalue weighted by Gasteiger charge is 2.16. The number of fused-ring (bicyclic) bond motifs is 1. The summed E-state index contributed by atoms with van der Waals surface area (Å²) in [6.07, 6.45) is 5.44. The topological polar surface area (TPSA) is 71.1 Å². The van der Waals surface area contributed by atoms with E-state index in [4.69, 9.17) is 15.9 Å². The molecule has 0 aromatic heterocycles. The van der Waals surface area contributed by atoms with Crippen molar-refractivity contribution in [1.82, 2.24) is 5.32 Å². The molecule has 1 aliphatic heterocycles. The highest BCUT2D eigenvalue weighted by atomic mass is 16.5. The molecular formula is C26H31N3O. The highest BCUT2D eigenvalue weighted by molar-refractivity contribution is 6.08. The van der Waals surface area contributed by atoms with Gasteiger partial charge in [0, 0.05) is 5.56 Å². The maximum Gasteiger partial charge on any atom is 0.123 e. The maximum atomic E-state index is 7.91. The minimum atomic E-state index is 0.113. The van der Waals surface area contributed by atoms with Crippen molar-refractivity contribution in [2.24, 2.45) is 5.73 Å². The van der Waals surface area contributed by atoms with Gasteiger partial charge in [-0.2, -0.15) is 0 Å². The van der Waals surface area contributed by atoms with Gasteiger partial charge in [0.15, 0.2) is 0 Å². The van der Waals surface area contributed by atoms with Gasteiger partial charge in [0.2, 0.25) is 0 Å². The van der Waals surface area contributed by atoms with Crippen molar-refractivity contribution in [3.8, 4) is 5.75 Å². The molecule has 30 heavy (non-hydrogen) atoms. The first-order chi connectivity index (χ1) is 14.7. The van der Waals surface area contributed by atoms with Crippen LogP contribution in [-0.2, 0) is 12.8 Å². The van der Waals surface area contributed by atoms with Crippen LogP contribution in [0, 0.1) is 5.41 Å². The molecule has 1 saturated heterocycles. The lowest BCUT2D eigenvalue weighted by Gasteiger charge is -2.24. The van der Waals surface area contributed by atoms with Gasteiger partial charge >= 0.3 is 0 Å². The van der Waals surface area contributed by atoms with Crippen molar-refractivity contribution < 1.29 is 4.74 Å². The summed E-state index contributed by atoms with van der Waals surface area (Å²) in [6, 6.07) is 19.0. The lowest BCUT2D eigenvalue weighted by molar-refractivity contribution is 0.162. The Labute approximate surface area is 179 Å². The van der Waals surface area contributed by atoms with E-state index in [1.807, 2.05) is 12.1 Å². The van der Waals surface area contributed by atoms with Crippen LogP contribution in [0.3, 0.4) is 0 Å². The zero-order valence-electron chi connectivity index (χ0n) is 17.7. The number of hydrogen-bond donors (Lipinski definition) is 3. The minimum absolute atomic E-state index is 0.113. The predicted molar refractivity (Wildman–Crippen MR) is 125 cm³/mol. The van der Waals surface area contributed by atoms with Gasteiger partial charge in [-0.05, 0) is 78.4 Å². The Morgan fingerprint density at radius 2 is 1.73 bits per heavy atom. The fourth-order valence-corrected chi connectivity index (χ4v) is 4.41. The molecule has 0 unspecified atom stereocenters. The van der Waals surface area contributed by atoms with Crippen LogP contribution >= 0.6 is 0 Å². The molecule has 1 aliphatic rings.